The standard InChI is InChI=1S/C26H26N2O2/c1-17-8-11-20(12-9-17)24(28-16-21-6-4-5-7-22(21)26(28)30)15-25(29)27-23-13-10-18(2)14-19(23)3/h4-14,24H,15-16H2,1-3H3,(H,27,29)/t24-/m1/s1. The predicted molar refractivity (Wildman–Crippen MR) is 119 cm³/mol. The summed E-state index contributed by atoms with van der Waals surface area (Å²) in [7, 11) is 0. The highest BCUT2D eigenvalue weighted by atomic mass is 16.2. The summed E-state index contributed by atoms with van der Waals surface area (Å²) >= 11 is 0. The average Bonchev–Trinajstić information content (AvgIpc) is 3.06. The van der Waals surface area contributed by atoms with Crippen LogP contribution in [0.2, 0.25) is 0 Å². The summed E-state index contributed by atoms with van der Waals surface area (Å²) < 4.78 is 0. The maximum Gasteiger partial charge on any atom is 0.255 e. The van der Waals surface area contributed by atoms with Crippen molar-refractivity contribution in [3.8, 4) is 0 Å². The summed E-state index contributed by atoms with van der Waals surface area (Å²) in [6.45, 7) is 6.57. The van der Waals surface area contributed by atoms with Crippen molar-refractivity contribution in [3.63, 3.8) is 0 Å². The highest BCUT2D eigenvalue weighted by Gasteiger charge is 2.34. The van der Waals surface area contributed by atoms with E-state index in [1.165, 1.54) is 0 Å². The Morgan fingerprint density at radius 3 is 2.37 bits per heavy atom. The van der Waals surface area contributed by atoms with E-state index in [0.29, 0.717) is 6.54 Å². The lowest BCUT2D eigenvalue weighted by Crippen LogP contribution is -2.32. The molecule has 4 rings (SSSR count). The van der Waals surface area contributed by atoms with Crippen LogP contribution in [0, 0.1) is 20.8 Å². The van der Waals surface area contributed by atoms with Crippen LogP contribution in [0.1, 0.15) is 50.6 Å². The van der Waals surface area contributed by atoms with Crippen molar-refractivity contribution in [2.75, 3.05) is 5.32 Å². The first-order valence-corrected chi connectivity index (χ1v) is 10.2. The maximum atomic E-state index is 13.1. The van der Waals surface area contributed by atoms with Crippen LogP contribution in [0.15, 0.2) is 66.7 Å². The van der Waals surface area contributed by atoms with Crippen LogP contribution in [0.25, 0.3) is 0 Å². The quantitative estimate of drug-likeness (QED) is 0.631. The molecule has 0 spiro atoms. The normalized spacial score (nSPS) is 13.8. The molecular weight excluding hydrogens is 372 g/mol. The second kappa shape index (κ2) is 8.15. The number of hydrogen-bond acceptors (Lipinski definition) is 2. The van der Waals surface area contributed by atoms with Crippen LogP contribution >= 0.6 is 0 Å². The zero-order valence-corrected chi connectivity index (χ0v) is 17.6. The number of rotatable bonds is 5. The number of amides is 2. The van der Waals surface area contributed by atoms with Crippen molar-refractivity contribution in [1.29, 1.82) is 0 Å². The Bertz CT molecular complexity index is 1100. The molecule has 152 valence electrons. The first-order chi connectivity index (χ1) is 14.4. The fourth-order valence-electron chi connectivity index (χ4n) is 4.06. The van der Waals surface area contributed by atoms with E-state index in [1.54, 1.807) is 0 Å². The van der Waals surface area contributed by atoms with E-state index in [1.807, 2.05) is 92.4 Å². The molecule has 30 heavy (non-hydrogen) atoms. The second-order valence-electron chi connectivity index (χ2n) is 8.09. The fraction of sp³-hybridized carbons (Fsp3) is 0.231. The number of fused-ring (bicyclic) bond motifs is 1. The van der Waals surface area contributed by atoms with E-state index in [2.05, 4.69) is 5.32 Å². The highest BCUT2D eigenvalue weighted by Crippen LogP contribution is 2.34. The Labute approximate surface area is 177 Å². The van der Waals surface area contributed by atoms with Gasteiger partial charge in [-0.2, -0.15) is 0 Å². The van der Waals surface area contributed by atoms with Crippen LogP contribution in [0.5, 0.6) is 0 Å². The molecule has 0 bridgehead atoms. The topological polar surface area (TPSA) is 49.4 Å². The van der Waals surface area contributed by atoms with Gasteiger partial charge in [0.2, 0.25) is 5.91 Å². The maximum absolute atomic E-state index is 13.1. The van der Waals surface area contributed by atoms with Crippen LogP contribution in [-0.2, 0) is 11.3 Å². The monoisotopic (exact) mass is 398 g/mol. The third-order valence-corrected chi connectivity index (χ3v) is 5.72. The zero-order chi connectivity index (χ0) is 21.3. The summed E-state index contributed by atoms with van der Waals surface area (Å²) in [6.07, 6.45) is 0.204. The van der Waals surface area contributed by atoms with Gasteiger partial charge in [-0.05, 0) is 49.6 Å². The largest absolute Gasteiger partial charge is 0.327 e. The molecule has 1 aliphatic heterocycles. The minimum Gasteiger partial charge on any atom is -0.327 e. The van der Waals surface area contributed by atoms with Crippen molar-refractivity contribution in [1.82, 2.24) is 4.90 Å². The lowest BCUT2D eigenvalue weighted by Gasteiger charge is -2.28. The molecule has 1 heterocycles. The molecule has 1 N–H and O–H groups in total. The molecule has 3 aromatic carbocycles. The third-order valence-electron chi connectivity index (χ3n) is 5.72. The van der Waals surface area contributed by atoms with Gasteiger partial charge in [0, 0.05) is 17.8 Å². The Hall–Kier alpha value is -3.40. The number of aryl methyl sites for hydroxylation is 3. The van der Waals surface area contributed by atoms with Gasteiger partial charge in [-0.15, -0.1) is 0 Å². The van der Waals surface area contributed by atoms with E-state index < -0.39 is 0 Å². The van der Waals surface area contributed by atoms with Crippen LogP contribution in [0.3, 0.4) is 0 Å². The summed E-state index contributed by atoms with van der Waals surface area (Å²) in [5.41, 5.74) is 6.84. The first-order valence-electron chi connectivity index (χ1n) is 10.2. The summed E-state index contributed by atoms with van der Waals surface area (Å²) in [5.74, 6) is -0.119. The number of carbonyl (C=O) groups excluding carboxylic acids is 2. The molecule has 2 amide bonds. The molecular formula is C26H26N2O2. The molecule has 3 aromatic rings. The minimum atomic E-state index is -0.323. The third kappa shape index (κ3) is 3.99. The van der Waals surface area contributed by atoms with Gasteiger partial charge >= 0.3 is 0 Å². The van der Waals surface area contributed by atoms with Gasteiger partial charge < -0.3 is 10.2 Å². The number of carbonyl (C=O) groups is 2. The Morgan fingerprint density at radius 1 is 0.967 bits per heavy atom. The number of benzene rings is 3. The van der Waals surface area contributed by atoms with Gasteiger partial charge in [-0.25, -0.2) is 0 Å². The van der Waals surface area contributed by atoms with Crippen molar-refractivity contribution in [2.45, 2.75) is 39.8 Å². The van der Waals surface area contributed by atoms with Gasteiger partial charge in [-0.3, -0.25) is 9.59 Å². The van der Waals surface area contributed by atoms with Crippen molar-refractivity contribution in [2.24, 2.45) is 0 Å². The van der Waals surface area contributed by atoms with E-state index in [-0.39, 0.29) is 24.3 Å². The number of nitrogens with zero attached hydrogens (tertiary/aromatic N) is 1. The number of nitrogens with one attached hydrogen (secondary N) is 1. The molecule has 0 aliphatic carbocycles. The average molecular weight is 399 g/mol. The lowest BCUT2D eigenvalue weighted by molar-refractivity contribution is -0.117. The molecule has 0 fully saturated rings. The lowest BCUT2D eigenvalue weighted by atomic mass is 10.00. The smallest absolute Gasteiger partial charge is 0.255 e. The molecule has 4 heteroatoms. The molecule has 0 saturated heterocycles. The summed E-state index contributed by atoms with van der Waals surface area (Å²) in [6, 6.07) is 21.4. The molecule has 1 aliphatic rings. The number of hydrogen-bond donors (Lipinski definition) is 1. The number of anilines is 1. The summed E-state index contributed by atoms with van der Waals surface area (Å²) in [5, 5.41) is 3.03. The molecule has 4 nitrogen and oxygen atoms in total. The van der Waals surface area contributed by atoms with Gasteiger partial charge in [0.05, 0.1) is 12.5 Å². The zero-order valence-electron chi connectivity index (χ0n) is 17.6. The van der Waals surface area contributed by atoms with Crippen LogP contribution < -0.4 is 5.32 Å². The Morgan fingerprint density at radius 2 is 1.67 bits per heavy atom. The molecule has 0 unspecified atom stereocenters. The van der Waals surface area contributed by atoms with E-state index >= 15 is 0 Å². The summed E-state index contributed by atoms with van der Waals surface area (Å²) in [4.78, 5) is 27.9. The highest BCUT2D eigenvalue weighted by molar-refractivity contribution is 5.99. The molecule has 0 radical (unpaired) electrons. The molecule has 0 aromatic heterocycles. The minimum absolute atomic E-state index is 0.0181. The first kappa shape index (κ1) is 19.9. The molecule has 0 saturated carbocycles. The Kier molecular flexibility index (Phi) is 5.40. The SMILES string of the molecule is Cc1ccc([C@@H](CC(=O)Nc2ccc(C)cc2C)N2Cc3ccccc3C2=O)cc1. The van der Waals surface area contributed by atoms with E-state index in [9.17, 15) is 9.59 Å². The van der Waals surface area contributed by atoms with E-state index in [4.69, 9.17) is 0 Å². The van der Waals surface area contributed by atoms with Crippen LogP contribution in [0.4, 0.5) is 5.69 Å². The van der Waals surface area contributed by atoms with Gasteiger partial charge in [-0.1, -0.05) is 65.7 Å². The van der Waals surface area contributed by atoms with Crippen molar-refractivity contribution >= 4 is 17.5 Å². The van der Waals surface area contributed by atoms with Gasteiger partial charge in [0.15, 0.2) is 0 Å². The second-order valence-corrected chi connectivity index (χ2v) is 8.09. The van der Waals surface area contributed by atoms with Crippen LogP contribution in [-0.4, -0.2) is 16.7 Å². The van der Waals surface area contributed by atoms with Crippen molar-refractivity contribution in [3.05, 3.63) is 100 Å². The molecule has 1 atom stereocenters. The van der Waals surface area contributed by atoms with E-state index in [0.717, 1.165) is 39.1 Å². The predicted octanol–water partition coefficient (Wildman–Crippen LogP) is 5.34. The van der Waals surface area contributed by atoms with Gasteiger partial charge in [0.25, 0.3) is 5.91 Å². The van der Waals surface area contributed by atoms with Crippen molar-refractivity contribution < 1.29 is 9.59 Å². The van der Waals surface area contributed by atoms with Gasteiger partial charge in [0.1, 0.15) is 0 Å². The Balaban J connectivity index is 1.61. The fourth-order valence-corrected chi connectivity index (χ4v) is 4.06.